The van der Waals surface area contributed by atoms with E-state index in [1.165, 1.54) is 42.8 Å². The fraction of sp³-hybridized carbons (Fsp3) is 0.348. The van der Waals surface area contributed by atoms with Crippen LogP contribution >= 0.6 is 0 Å². The normalized spacial score (nSPS) is 13.9. The van der Waals surface area contributed by atoms with E-state index in [1.54, 1.807) is 11.1 Å². The summed E-state index contributed by atoms with van der Waals surface area (Å²) in [6, 6.07) is 5.17. The average molecular weight is 468 g/mol. The van der Waals surface area contributed by atoms with E-state index < -0.39 is 29.5 Å². The molecule has 1 aliphatic rings. The number of carbonyl (C=O) groups is 2. The van der Waals surface area contributed by atoms with Gasteiger partial charge in [-0.05, 0) is 36.8 Å². The van der Waals surface area contributed by atoms with Gasteiger partial charge in [-0.2, -0.15) is 0 Å². The molecule has 0 atom stereocenters. The highest BCUT2D eigenvalue weighted by Gasteiger charge is 2.25. The number of amides is 2. The van der Waals surface area contributed by atoms with Crippen LogP contribution in [0.3, 0.4) is 0 Å². The van der Waals surface area contributed by atoms with Crippen LogP contribution < -0.4 is 21.5 Å². The van der Waals surface area contributed by atoms with E-state index in [1.807, 2.05) is 11.8 Å². The van der Waals surface area contributed by atoms with Gasteiger partial charge in [-0.25, -0.2) is 14.2 Å². The summed E-state index contributed by atoms with van der Waals surface area (Å²) in [5, 5.41) is 2.81. The molecule has 0 spiro atoms. The standard InChI is InChI=1S/C23H25FN6O4/c1-14-12-25-21-19(20(14)29-10-8-28(9-11-29)15(2)31)22(33)30(23(34)27(21)3)13-18(32)26-17-6-4-16(24)5-7-17/h4-7,12H,8-11,13H2,1-3H3,(H,26,32). The number of rotatable bonds is 4. The largest absolute Gasteiger partial charge is 0.367 e. The first-order valence-corrected chi connectivity index (χ1v) is 10.8. The van der Waals surface area contributed by atoms with Gasteiger partial charge >= 0.3 is 5.69 Å². The van der Waals surface area contributed by atoms with Crippen LogP contribution in [0.1, 0.15) is 12.5 Å². The number of hydrogen-bond acceptors (Lipinski definition) is 6. The van der Waals surface area contributed by atoms with Crippen LogP contribution in [0.2, 0.25) is 0 Å². The average Bonchev–Trinajstić information content (AvgIpc) is 2.81. The lowest BCUT2D eigenvalue weighted by molar-refractivity contribution is -0.129. The van der Waals surface area contributed by atoms with E-state index in [9.17, 15) is 23.6 Å². The summed E-state index contributed by atoms with van der Waals surface area (Å²) < 4.78 is 15.2. The van der Waals surface area contributed by atoms with Crippen molar-refractivity contribution in [1.29, 1.82) is 0 Å². The quantitative estimate of drug-likeness (QED) is 0.608. The topological polar surface area (TPSA) is 110 Å². The fourth-order valence-electron chi connectivity index (χ4n) is 4.20. The number of benzene rings is 1. The van der Waals surface area contributed by atoms with Crippen molar-refractivity contribution in [2.75, 3.05) is 36.4 Å². The third kappa shape index (κ3) is 4.28. The predicted octanol–water partition coefficient (Wildman–Crippen LogP) is 0.850. The molecule has 4 rings (SSSR count). The van der Waals surface area contributed by atoms with Crippen molar-refractivity contribution >= 4 is 34.2 Å². The Morgan fingerprint density at radius 2 is 1.74 bits per heavy atom. The van der Waals surface area contributed by atoms with Gasteiger partial charge in [0.05, 0.1) is 5.69 Å². The minimum absolute atomic E-state index is 0.00659. The van der Waals surface area contributed by atoms with E-state index in [-0.39, 0.29) is 16.9 Å². The molecule has 11 heteroatoms. The fourth-order valence-corrected chi connectivity index (χ4v) is 4.20. The van der Waals surface area contributed by atoms with Crippen LogP contribution in [0.15, 0.2) is 40.1 Å². The van der Waals surface area contributed by atoms with Crippen molar-refractivity contribution < 1.29 is 14.0 Å². The van der Waals surface area contributed by atoms with Crippen molar-refractivity contribution in [1.82, 2.24) is 19.0 Å². The summed E-state index contributed by atoms with van der Waals surface area (Å²) in [6.45, 7) is 4.91. The maximum Gasteiger partial charge on any atom is 0.332 e. The lowest BCUT2D eigenvalue weighted by Gasteiger charge is -2.36. The summed E-state index contributed by atoms with van der Waals surface area (Å²) in [4.78, 5) is 58.8. The molecule has 2 aromatic heterocycles. The van der Waals surface area contributed by atoms with Gasteiger partial charge < -0.3 is 15.1 Å². The van der Waals surface area contributed by atoms with Gasteiger partial charge in [0.15, 0.2) is 5.65 Å². The van der Waals surface area contributed by atoms with Gasteiger partial charge in [0, 0.05) is 52.0 Å². The number of fused-ring (bicyclic) bond motifs is 1. The number of nitrogens with one attached hydrogen (secondary N) is 1. The number of piperazine rings is 1. The molecule has 1 N–H and O–H groups in total. The molecule has 0 aliphatic carbocycles. The molecule has 3 aromatic rings. The van der Waals surface area contributed by atoms with E-state index in [2.05, 4.69) is 10.3 Å². The molecule has 0 saturated carbocycles. The number of carbonyl (C=O) groups excluding carboxylic acids is 2. The van der Waals surface area contributed by atoms with E-state index in [0.717, 1.165) is 10.1 Å². The van der Waals surface area contributed by atoms with Crippen LogP contribution in [-0.2, 0) is 23.2 Å². The lowest BCUT2D eigenvalue weighted by Crippen LogP contribution is -2.49. The molecular weight excluding hydrogens is 443 g/mol. The third-order valence-electron chi connectivity index (χ3n) is 5.98. The molecule has 34 heavy (non-hydrogen) atoms. The van der Waals surface area contributed by atoms with Gasteiger partial charge in [0.25, 0.3) is 5.56 Å². The van der Waals surface area contributed by atoms with Gasteiger partial charge in [0.2, 0.25) is 11.8 Å². The van der Waals surface area contributed by atoms with Gasteiger partial charge in [0.1, 0.15) is 17.7 Å². The minimum atomic E-state index is -0.671. The zero-order valence-corrected chi connectivity index (χ0v) is 19.2. The first-order chi connectivity index (χ1) is 16.2. The molecule has 0 radical (unpaired) electrons. The smallest absolute Gasteiger partial charge is 0.332 e. The summed E-state index contributed by atoms with van der Waals surface area (Å²) in [5.41, 5.74) is 0.671. The van der Waals surface area contributed by atoms with Crippen LogP contribution in [0.4, 0.5) is 15.8 Å². The Morgan fingerprint density at radius 1 is 1.09 bits per heavy atom. The number of nitrogens with zero attached hydrogens (tertiary/aromatic N) is 5. The summed E-state index contributed by atoms with van der Waals surface area (Å²) in [7, 11) is 1.50. The molecule has 0 bridgehead atoms. The number of hydrogen-bond donors (Lipinski definition) is 1. The highest BCUT2D eigenvalue weighted by atomic mass is 19.1. The van der Waals surface area contributed by atoms with Gasteiger partial charge in [-0.3, -0.25) is 23.5 Å². The maximum atomic E-state index is 13.5. The lowest BCUT2D eigenvalue weighted by atomic mass is 10.1. The molecule has 178 valence electrons. The molecule has 0 unspecified atom stereocenters. The predicted molar refractivity (Wildman–Crippen MR) is 125 cm³/mol. The highest BCUT2D eigenvalue weighted by Crippen LogP contribution is 2.27. The monoisotopic (exact) mass is 468 g/mol. The van der Waals surface area contributed by atoms with E-state index in [0.29, 0.717) is 37.6 Å². The summed E-state index contributed by atoms with van der Waals surface area (Å²) >= 11 is 0. The van der Waals surface area contributed by atoms with Crippen LogP contribution in [-0.4, -0.2) is 57.0 Å². The third-order valence-corrected chi connectivity index (χ3v) is 5.98. The molecular formula is C23H25FN6O4. The molecule has 1 aromatic carbocycles. The molecule has 1 fully saturated rings. The number of aromatic nitrogens is 3. The van der Waals surface area contributed by atoms with Crippen molar-refractivity contribution in [3.05, 3.63) is 62.7 Å². The molecule has 10 nitrogen and oxygen atoms in total. The molecule has 3 heterocycles. The Kier molecular flexibility index (Phi) is 6.18. The Labute approximate surface area is 194 Å². The molecule has 2 amide bonds. The Bertz CT molecular complexity index is 1390. The van der Waals surface area contributed by atoms with Crippen molar-refractivity contribution in [2.45, 2.75) is 20.4 Å². The maximum absolute atomic E-state index is 13.5. The summed E-state index contributed by atoms with van der Waals surface area (Å²) in [6.07, 6.45) is 1.61. The molecule has 1 saturated heterocycles. The van der Waals surface area contributed by atoms with E-state index >= 15 is 0 Å². The van der Waals surface area contributed by atoms with Gasteiger partial charge in [-0.1, -0.05) is 0 Å². The first kappa shape index (κ1) is 23.1. The Hall–Kier alpha value is -4.02. The van der Waals surface area contributed by atoms with Crippen molar-refractivity contribution in [3.63, 3.8) is 0 Å². The highest BCUT2D eigenvalue weighted by molar-refractivity contribution is 5.92. The first-order valence-electron chi connectivity index (χ1n) is 10.8. The summed E-state index contributed by atoms with van der Waals surface area (Å²) in [5.74, 6) is -1.05. The van der Waals surface area contributed by atoms with Crippen molar-refractivity contribution in [2.24, 2.45) is 7.05 Å². The second kappa shape index (κ2) is 9.08. The van der Waals surface area contributed by atoms with E-state index in [4.69, 9.17) is 0 Å². The van der Waals surface area contributed by atoms with Crippen LogP contribution in [0.5, 0.6) is 0 Å². The zero-order chi connectivity index (χ0) is 24.6. The number of aryl methyl sites for hydroxylation is 2. The SMILES string of the molecule is CC(=O)N1CCN(c2c(C)cnc3c2c(=O)n(CC(=O)Nc2ccc(F)cc2)c(=O)n3C)CC1. The Balaban J connectivity index is 1.74. The van der Waals surface area contributed by atoms with Crippen LogP contribution in [0.25, 0.3) is 11.0 Å². The second-order valence-electron chi connectivity index (χ2n) is 8.27. The number of halogens is 1. The zero-order valence-electron chi connectivity index (χ0n) is 19.2. The molecule has 1 aliphatic heterocycles. The number of anilines is 2. The van der Waals surface area contributed by atoms with Crippen LogP contribution in [0, 0.1) is 12.7 Å². The second-order valence-corrected chi connectivity index (χ2v) is 8.27. The van der Waals surface area contributed by atoms with Gasteiger partial charge in [-0.15, -0.1) is 0 Å². The number of pyridine rings is 1. The Morgan fingerprint density at radius 3 is 2.35 bits per heavy atom. The van der Waals surface area contributed by atoms with Crippen molar-refractivity contribution in [3.8, 4) is 0 Å². The minimum Gasteiger partial charge on any atom is -0.367 e.